The molecule has 2 aliphatic rings. The van der Waals surface area contributed by atoms with Crippen LogP contribution in [-0.4, -0.2) is 16.9 Å². The molecule has 0 saturated heterocycles. The average molecular weight is 322 g/mol. The molecule has 0 radical (unpaired) electrons. The van der Waals surface area contributed by atoms with Gasteiger partial charge in [0.25, 0.3) is 0 Å². The summed E-state index contributed by atoms with van der Waals surface area (Å²) in [5, 5.41) is 4.68. The molecule has 0 aliphatic heterocycles. The number of benzene rings is 1. The zero-order valence-electron chi connectivity index (χ0n) is 14.4. The van der Waals surface area contributed by atoms with Crippen LogP contribution in [0.4, 0.5) is 0 Å². The smallest absolute Gasteiger partial charge is 0.223 e. The highest BCUT2D eigenvalue weighted by atomic mass is 16.1. The summed E-state index contributed by atoms with van der Waals surface area (Å²) in [6.45, 7) is 2.20. The molecule has 3 heteroatoms. The standard InChI is InChI=1S/C21H26N2O/c1-2-14-9-6-10-17-18-13-16(11-12-19(18)23-20(14)17)22-21(24)15-7-4-3-5-8-15/h3-4,6,9-10,15-16,23H,2,5,7-8,11-13H2,1H3,(H,22,24)/t15-,16+/m0/s1. The Balaban J connectivity index is 1.53. The van der Waals surface area contributed by atoms with Crippen LogP contribution in [-0.2, 0) is 24.1 Å². The van der Waals surface area contributed by atoms with Crippen LogP contribution in [0.2, 0.25) is 0 Å². The van der Waals surface area contributed by atoms with Gasteiger partial charge in [-0.3, -0.25) is 4.79 Å². The van der Waals surface area contributed by atoms with Crippen molar-refractivity contribution in [1.82, 2.24) is 10.3 Å². The quantitative estimate of drug-likeness (QED) is 0.822. The molecule has 0 spiro atoms. The molecule has 126 valence electrons. The van der Waals surface area contributed by atoms with Gasteiger partial charge in [0, 0.05) is 28.6 Å². The van der Waals surface area contributed by atoms with Crippen LogP contribution in [0, 0.1) is 5.92 Å². The summed E-state index contributed by atoms with van der Waals surface area (Å²) in [7, 11) is 0. The summed E-state index contributed by atoms with van der Waals surface area (Å²) < 4.78 is 0. The molecule has 1 aromatic heterocycles. The number of amides is 1. The summed E-state index contributed by atoms with van der Waals surface area (Å²) in [4.78, 5) is 16.2. The molecule has 1 aromatic carbocycles. The maximum absolute atomic E-state index is 12.5. The van der Waals surface area contributed by atoms with Gasteiger partial charge < -0.3 is 10.3 Å². The first-order valence-corrected chi connectivity index (χ1v) is 9.33. The van der Waals surface area contributed by atoms with Crippen molar-refractivity contribution in [3.8, 4) is 0 Å². The number of aromatic amines is 1. The summed E-state index contributed by atoms with van der Waals surface area (Å²) in [5.74, 6) is 0.424. The normalized spacial score (nSPS) is 23.2. The van der Waals surface area contributed by atoms with Gasteiger partial charge >= 0.3 is 0 Å². The minimum absolute atomic E-state index is 0.172. The number of para-hydroxylation sites is 1. The monoisotopic (exact) mass is 322 g/mol. The fourth-order valence-electron chi connectivity index (χ4n) is 4.27. The second-order valence-corrected chi connectivity index (χ2v) is 7.21. The van der Waals surface area contributed by atoms with Gasteiger partial charge in [-0.25, -0.2) is 0 Å². The van der Waals surface area contributed by atoms with E-state index in [4.69, 9.17) is 0 Å². The first-order chi connectivity index (χ1) is 11.8. The molecule has 24 heavy (non-hydrogen) atoms. The van der Waals surface area contributed by atoms with E-state index in [1.54, 1.807) is 0 Å². The zero-order valence-corrected chi connectivity index (χ0v) is 14.4. The third kappa shape index (κ3) is 2.77. The van der Waals surface area contributed by atoms with Crippen LogP contribution in [0.15, 0.2) is 30.4 Å². The molecule has 0 fully saturated rings. The van der Waals surface area contributed by atoms with Crippen LogP contribution >= 0.6 is 0 Å². The first kappa shape index (κ1) is 15.5. The Morgan fingerprint density at radius 3 is 3.00 bits per heavy atom. The molecule has 2 aliphatic carbocycles. The maximum atomic E-state index is 12.5. The molecule has 1 heterocycles. The first-order valence-electron chi connectivity index (χ1n) is 9.33. The lowest BCUT2D eigenvalue weighted by molar-refractivity contribution is -0.126. The highest BCUT2D eigenvalue weighted by Gasteiger charge is 2.26. The van der Waals surface area contributed by atoms with E-state index in [9.17, 15) is 4.79 Å². The highest BCUT2D eigenvalue weighted by molar-refractivity contribution is 5.88. The molecular weight excluding hydrogens is 296 g/mol. The Bertz CT molecular complexity index is 786. The minimum atomic E-state index is 0.172. The number of H-pyrrole nitrogens is 1. The van der Waals surface area contributed by atoms with Crippen molar-refractivity contribution >= 4 is 16.8 Å². The van der Waals surface area contributed by atoms with E-state index in [0.29, 0.717) is 0 Å². The van der Waals surface area contributed by atoms with E-state index in [0.717, 1.165) is 44.9 Å². The maximum Gasteiger partial charge on any atom is 0.223 e. The Morgan fingerprint density at radius 2 is 2.21 bits per heavy atom. The number of rotatable bonds is 3. The Labute approximate surface area is 143 Å². The topological polar surface area (TPSA) is 44.9 Å². The molecule has 0 bridgehead atoms. The van der Waals surface area contributed by atoms with Crippen LogP contribution in [0.3, 0.4) is 0 Å². The molecule has 1 amide bonds. The lowest BCUT2D eigenvalue weighted by Gasteiger charge is -2.26. The van der Waals surface area contributed by atoms with Crippen molar-refractivity contribution in [3.05, 3.63) is 47.2 Å². The summed E-state index contributed by atoms with van der Waals surface area (Å²) in [6.07, 6.45) is 11.3. The van der Waals surface area contributed by atoms with E-state index >= 15 is 0 Å². The van der Waals surface area contributed by atoms with Crippen molar-refractivity contribution in [2.75, 3.05) is 0 Å². The number of hydrogen-bond acceptors (Lipinski definition) is 1. The van der Waals surface area contributed by atoms with Crippen LogP contribution < -0.4 is 5.32 Å². The van der Waals surface area contributed by atoms with Gasteiger partial charge in [0.15, 0.2) is 0 Å². The predicted molar refractivity (Wildman–Crippen MR) is 98.1 cm³/mol. The van der Waals surface area contributed by atoms with E-state index in [1.807, 2.05) is 0 Å². The van der Waals surface area contributed by atoms with Crippen molar-refractivity contribution in [3.63, 3.8) is 0 Å². The molecule has 2 atom stereocenters. The fourth-order valence-corrected chi connectivity index (χ4v) is 4.27. The average Bonchev–Trinajstić information content (AvgIpc) is 3.00. The number of nitrogens with one attached hydrogen (secondary N) is 2. The van der Waals surface area contributed by atoms with E-state index in [2.05, 4.69) is 47.6 Å². The van der Waals surface area contributed by atoms with Gasteiger partial charge in [-0.15, -0.1) is 0 Å². The van der Waals surface area contributed by atoms with E-state index in [1.165, 1.54) is 27.7 Å². The third-order valence-electron chi connectivity index (χ3n) is 5.68. The largest absolute Gasteiger partial charge is 0.358 e. The molecule has 3 nitrogen and oxygen atoms in total. The van der Waals surface area contributed by atoms with Gasteiger partial charge in [0.2, 0.25) is 5.91 Å². The third-order valence-corrected chi connectivity index (χ3v) is 5.68. The molecule has 0 unspecified atom stereocenters. The number of aryl methyl sites for hydroxylation is 2. The Kier molecular flexibility index (Phi) is 4.17. The predicted octanol–water partition coefficient (Wildman–Crippen LogP) is 4.06. The number of carbonyl (C=O) groups excluding carboxylic acids is 1. The van der Waals surface area contributed by atoms with Gasteiger partial charge in [-0.2, -0.15) is 0 Å². The van der Waals surface area contributed by atoms with Crippen LogP contribution in [0.5, 0.6) is 0 Å². The number of carbonyl (C=O) groups is 1. The summed E-state index contributed by atoms with van der Waals surface area (Å²) in [6, 6.07) is 6.87. The summed E-state index contributed by atoms with van der Waals surface area (Å²) in [5.41, 5.74) is 5.48. The van der Waals surface area contributed by atoms with Gasteiger partial charge in [0.05, 0.1) is 0 Å². The zero-order chi connectivity index (χ0) is 16.5. The lowest BCUT2D eigenvalue weighted by atomic mass is 9.89. The van der Waals surface area contributed by atoms with Gasteiger partial charge in [0.1, 0.15) is 0 Å². The summed E-state index contributed by atoms with van der Waals surface area (Å²) >= 11 is 0. The molecule has 0 saturated carbocycles. The SMILES string of the molecule is CCc1cccc2c3c([nH]c12)CC[C@@H](NC(=O)[C@H]1CC=CCC1)C3. The van der Waals surface area contributed by atoms with Crippen molar-refractivity contribution < 1.29 is 4.79 Å². The van der Waals surface area contributed by atoms with Crippen molar-refractivity contribution in [2.24, 2.45) is 5.92 Å². The van der Waals surface area contributed by atoms with Crippen LogP contribution in [0.1, 0.15) is 49.4 Å². The number of aromatic nitrogens is 1. The Morgan fingerprint density at radius 1 is 1.29 bits per heavy atom. The number of hydrogen-bond donors (Lipinski definition) is 2. The minimum Gasteiger partial charge on any atom is -0.358 e. The fraction of sp³-hybridized carbons (Fsp3) is 0.476. The lowest BCUT2D eigenvalue weighted by Crippen LogP contribution is -2.42. The van der Waals surface area contributed by atoms with Crippen molar-refractivity contribution in [1.29, 1.82) is 0 Å². The highest BCUT2D eigenvalue weighted by Crippen LogP contribution is 2.31. The van der Waals surface area contributed by atoms with Crippen LogP contribution in [0.25, 0.3) is 10.9 Å². The second-order valence-electron chi connectivity index (χ2n) is 7.21. The Hall–Kier alpha value is -2.03. The second kappa shape index (κ2) is 6.46. The molecule has 2 aromatic rings. The van der Waals surface area contributed by atoms with E-state index in [-0.39, 0.29) is 17.9 Å². The van der Waals surface area contributed by atoms with E-state index < -0.39 is 0 Å². The molecule has 2 N–H and O–H groups in total. The molecular formula is C21H26N2O. The van der Waals surface area contributed by atoms with Crippen molar-refractivity contribution in [2.45, 2.75) is 57.9 Å². The van der Waals surface area contributed by atoms with Gasteiger partial charge in [-0.1, -0.05) is 37.3 Å². The van der Waals surface area contributed by atoms with Gasteiger partial charge in [-0.05, 0) is 56.1 Å². The molecule has 4 rings (SSSR count). The number of fused-ring (bicyclic) bond motifs is 3. The number of allylic oxidation sites excluding steroid dienone is 2.